The van der Waals surface area contributed by atoms with Gasteiger partial charge in [0.2, 0.25) is 0 Å². The molecule has 0 N–H and O–H groups in total. The number of alkyl halides is 3. The van der Waals surface area contributed by atoms with Crippen molar-refractivity contribution in [2.75, 3.05) is 0 Å². The van der Waals surface area contributed by atoms with Gasteiger partial charge in [0.15, 0.2) is 0 Å². The smallest absolute Gasteiger partial charge is 0.166 e. The zero-order valence-electron chi connectivity index (χ0n) is 13.2. The fourth-order valence-corrected chi connectivity index (χ4v) is 5.65. The molecule has 1 aromatic heterocycles. The van der Waals surface area contributed by atoms with Gasteiger partial charge in [-0.25, -0.2) is 0 Å². The van der Waals surface area contributed by atoms with E-state index >= 15 is 0 Å². The van der Waals surface area contributed by atoms with E-state index in [9.17, 15) is 13.2 Å². The molecule has 0 aliphatic rings. The van der Waals surface area contributed by atoms with E-state index in [1.807, 2.05) is 30.3 Å². The average Bonchev–Trinajstić information content (AvgIpc) is 3.01. The highest BCUT2D eigenvalue weighted by atomic mass is 31.1. The first-order chi connectivity index (χ1) is 12.0. The number of rotatable bonds is 2. The molecule has 0 saturated heterocycles. The molecule has 0 saturated carbocycles. The van der Waals surface area contributed by atoms with E-state index in [1.165, 1.54) is 10.4 Å². The van der Waals surface area contributed by atoms with Crippen molar-refractivity contribution in [3.8, 4) is 16.2 Å². The van der Waals surface area contributed by atoms with Gasteiger partial charge in [0.05, 0.1) is 5.56 Å². The van der Waals surface area contributed by atoms with Crippen molar-refractivity contribution in [3.05, 3.63) is 90.5 Å². The van der Waals surface area contributed by atoms with Crippen LogP contribution in [0.5, 0.6) is 0 Å². The molecule has 0 aliphatic carbocycles. The van der Waals surface area contributed by atoms with Crippen LogP contribution >= 0.6 is 7.53 Å². The van der Waals surface area contributed by atoms with Gasteiger partial charge < -0.3 is 0 Å². The summed E-state index contributed by atoms with van der Waals surface area (Å²) in [7, 11) is -0.754. The fourth-order valence-electron chi connectivity index (χ4n) is 3.05. The Balaban J connectivity index is 1.93. The molecular formula is C21H14F3P. The van der Waals surface area contributed by atoms with Gasteiger partial charge in [0.1, 0.15) is 0 Å². The standard InChI is InChI=1S/C21H14F3P/c22-21(23,24)17-12-10-15(11-13-17)20-14-16-6-4-5-9-19(16)25(20)18-7-2-1-3-8-18/h1-14H. The average molecular weight is 354 g/mol. The molecule has 124 valence electrons. The second-order valence-corrected chi connectivity index (χ2v) is 7.99. The summed E-state index contributed by atoms with van der Waals surface area (Å²) in [6.07, 6.45) is -4.31. The normalized spacial score (nSPS) is 12.5. The number of hydrogen-bond acceptors (Lipinski definition) is 0. The third-order valence-electron chi connectivity index (χ3n) is 4.23. The molecule has 4 heteroatoms. The van der Waals surface area contributed by atoms with Gasteiger partial charge in [-0.3, -0.25) is 0 Å². The number of hydrogen-bond donors (Lipinski definition) is 0. The van der Waals surface area contributed by atoms with Crippen LogP contribution in [-0.2, 0) is 6.18 Å². The van der Waals surface area contributed by atoms with Crippen LogP contribution in [-0.4, -0.2) is 0 Å². The SMILES string of the molecule is FC(F)(F)c1ccc(-c2cc3ccccc3p2-c2ccccc2)cc1. The van der Waals surface area contributed by atoms with E-state index < -0.39 is 19.3 Å². The van der Waals surface area contributed by atoms with Crippen LogP contribution in [0.15, 0.2) is 84.9 Å². The van der Waals surface area contributed by atoms with Crippen LogP contribution < -0.4 is 0 Å². The van der Waals surface area contributed by atoms with Crippen molar-refractivity contribution >= 4 is 18.0 Å². The van der Waals surface area contributed by atoms with Crippen molar-refractivity contribution in [2.24, 2.45) is 0 Å². The van der Waals surface area contributed by atoms with Gasteiger partial charge in [0, 0.05) is 10.4 Å². The highest BCUT2D eigenvalue weighted by Gasteiger charge is 2.30. The maximum Gasteiger partial charge on any atom is 0.416 e. The number of benzene rings is 3. The van der Waals surface area contributed by atoms with Crippen LogP contribution in [0.2, 0.25) is 0 Å². The Morgan fingerprint density at radius 3 is 2.00 bits per heavy atom. The molecule has 0 bridgehead atoms. The molecule has 0 fully saturated rings. The van der Waals surface area contributed by atoms with E-state index in [2.05, 4.69) is 30.3 Å². The first-order valence-electron chi connectivity index (χ1n) is 7.87. The van der Waals surface area contributed by atoms with Crippen molar-refractivity contribution in [1.29, 1.82) is 0 Å². The lowest BCUT2D eigenvalue weighted by Gasteiger charge is -2.10. The monoisotopic (exact) mass is 354 g/mol. The molecular weight excluding hydrogens is 340 g/mol. The molecule has 0 aliphatic heterocycles. The molecule has 3 aromatic carbocycles. The Labute approximate surface area is 144 Å². The summed E-state index contributed by atoms with van der Waals surface area (Å²) in [6, 6.07) is 25.9. The first kappa shape index (κ1) is 16.0. The molecule has 1 unspecified atom stereocenters. The molecule has 0 radical (unpaired) electrons. The third-order valence-corrected chi connectivity index (χ3v) is 6.81. The fraction of sp³-hybridized carbons (Fsp3) is 0.0476. The Hall–Kier alpha value is -2.51. The summed E-state index contributed by atoms with van der Waals surface area (Å²) >= 11 is 0. The van der Waals surface area contributed by atoms with E-state index in [-0.39, 0.29) is 0 Å². The minimum Gasteiger partial charge on any atom is -0.166 e. The number of fused-ring (bicyclic) bond motifs is 1. The molecule has 4 aromatic rings. The van der Waals surface area contributed by atoms with Gasteiger partial charge in [-0.15, -0.1) is 0 Å². The van der Waals surface area contributed by atoms with Gasteiger partial charge in [0.25, 0.3) is 0 Å². The molecule has 1 atom stereocenters. The van der Waals surface area contributed by atoms with Crippen molar-refractivity contribution < 1.29 is 13.2 Å². The Bertz CT molecular complexity index is 1010. The number of halogens is 3. The topological polar surface area (TPSA) is 0 Å². The summed E-state index contributed by atoms with van der Waals surface area (Å²) in [5, 5.41) is 4.69. The minimum atomic E-state index is -4.31. The van der Waals surface area contributed by atoms with Gasteiger partial charge in [-0.05, 0) is 34.5 Å². The van der Waals surface area contributed by atoms with E-state index in [1.54, 1.807) is 12.1 Å². The maximum atomic E-state index is 12.8. The summed E-state index contributed by atoms with van der Waals surface area (Å²) in [4.78, 5) is 0. The molecule has 4 rings (SSSR count). The molecule has 1 heterocycles. The van der Waals surface area contributed by atoms with Crippen LogP contribution in [0.1, 0.15) is 5.56 Å². The van der Waals surface area contributed by atoms with E-state index in [0.29, 0.717) is 0 Å². The van der Waals surface area contributed by atoms with E-state index in [0.717, 1.165) is 28.4 Å². The molecule has 0 nitrogen and oxygen atoms in total. The zero-order valence-corrected chi connectivity index (χ0v) is 14.1. The summed E-state index contributed by atoms with van der Waals surface area (Å²) in [5.41, 5.74) is 0.232. The zero-order chi connectivity index (χ0) is 17.4. The summed E-state index contributed by atoms with van der Waals surface area (Å²) in [5.74, 6) is 0. The second-order valence-electron chi connectivity index (χ2n) is 5.83. The Morgan fingerprint density at radius 1 is 0.680 bits per heavy atom. The Morgan fingerprint density at radius 2 is 1.32 bits per heavy atom. The van der Waals surface area contributed by atoms with Crippen LogP contribution in [0.25, 0.3) is 26.7 Å². The van der Waals surface area contributed by atoms with Crippen molar-refractivity contribution in [2.45, 2.75) is 6.18 Å². The summed E-state index contributed by atoms with van der Waals surface area (Å²) in [6.45, 7) is 0. The van der Waals surface area contributed by atoms with Crippen LogP contribution in [0, 0.1) is 0 Å². The van der Waals surface area contributed by atoms with Gasteiger partial charge >= 0.3 is 6.18 Å². The third kappa shape index (κ3) is 2.96. The van der Waals surface area contributed by atoms with Gasteiger partial charge in [-0.2, -0.15) is 13.2 Å². The van der Waals surface area contributed by atoms with E-state index in [4.69, 9.17) is 0 Å². The highest BCUT2D eigenvalue weighted by Crippen LogP contribution is 2.55. The van der Waals surface area contributed by atoms with Crippen LogP contribution in [0.4, 0.5) is 13.2 Å². The quantitative estimate of drug-likeness (QED) is 0.349. The first-order valence-corrected chi connectivity index (χ1v) is 9.22. The minimum absolute atomic E-state index is 0.614. The molecule has 0 spiro atoms. The lowest BCUT2D eigenvalue weighted by molar-refractivity contribution is -0.137. The summed E-state index contributed by atoms with van der Waals surface area (Å²) < 4.78 is 38.5. The van der Waals surface area contributed by atoms with Crippen molar-refractivity contribution in [3.63, 3.8) is 0 Å². The maximum absolute atomic E-state index is 12.8. The molecule has 0 amide bonds. The highest BCUT2D eigenvalue weighted by molar-refractivity contribution is 7.65. The largest absolute Gasteiger partial charge is 0.416 e. The lowest BCUT2D eigenvalue weighted by Crippen LogP contribution is -2.03. The predicted octanol–water partition coefficient (Wildman–Crippen LogP) is 7.50. The van der Waals surface area contributed by atoms with Crippen molar-refractivity contribution in [1.82, 2.24) is 0 Å². The van der Waals surface area contributed by atoms with Gasteiger partial charge in [-0.1, -0.05) is 74.3 Å². The molecule has 25 heavy (non-hydrogen) atoms. The second kappa shape index (κ2) is 6.09. The Kier molecular flexibility index (Phi) is 3.89. The predicted molar refractivity (Wildman–Crippen MR) is 98.4 cm³/mol. The van der Waals surface area contributed by atoms with Crippen LogP contribution in [0.3, 0.4) is 0 Å². The lowest BCUT2D eigenvalue weighted by atomic mass is 10.1.